The van der Waals surface area contributed by atoms with Gasteiger partial charge in [0.15, 0.2) is 19.0 Å². The van der Waals surface area contributed by atoms with Crippen molar-refractivity contribution in [1.29, 1.82) is 0 Å². The number of para-hydroxylation sites is 1. The molecule has 3 aromatic rings. The van der Waals surface area contributed by atoms with Crippen molar-refractivity contribution in [2.45, 2.75) is 6.92 Å². The largest absolute Gasteiger partial charge is 0.482 e. The maximum absolute atomic E-state index is 12.2. The molecule has 0 bridgehead atoms. The molecule has 0 aliphatic rings. The minimum absolute atomic E-state index is 0.0548. The second-order valence-corrected chi connectivity index (χ2v) is 6.49. The molecule has 3 rings (SSSR count). The van der Waals surface area contributed by atoms with Crippen LogP contribution in [0, 0.1) is 0 Å². The van der Waals surface area contributed by atoms with Gasteiger partial charge in [-0.15, -0.1) is 0 Å². The number of esters is 1. The number of benzene rings is 3. The van der Waals surface area contributed by atoms with Gasteiger partial charge in [-0.2, -0.15) is 0 Å². The van der Waals surface area contributed by atoms with E-state index in [9.17, 15) is 14.4 Å². The molecule has 0 fully saturated rings. The Morgan fingerprint density at radius 1 is 0.800 bits per heavy atom. The number of ketones is 1. The molecule has 0 aliphatic carbocycles. The molecule has 0 unspecified atom stereocenters. The molecule has 0 heterocycles. The second kappa shape index (κ2) is 10.0. The lowest BCUT2D eigenvalue weighted by Crippen LogP contribution is -2.23. The molecule has 152 valence electrons. The molecule has 6 nitrogen and oxygen atoms in total. The molecule has 0 spiro atoms. The highest BCUT2D eigenvalue weighted by Gasteiger charge is 2.11. The molecule has 0 aliphatic heterocycles. The fourth-order valence-corrected chi connectivity index (χ4v) is 2.76. The molecule has 0 atom stereocenters. The monoisotopic (exact) mass is 403 g/mol. The van der Waals surface area contributed by atoms with E-state index in [2.05, 4.69) is 5.32 Å². The summed E-state index contributed by atoms with van der Waals surface area (Å²) >= 11 is 0. The summed E-state index contributed by atoms with van der Waals surface area (Å²) in [4.78, 5) is 35.3. The van der Waals surface area contributed by atoms with Gasteiger partial charge in [0, 0.05) is 16.8 Å². The Hall–Kier alpha value is -3.93. The number of rotatable bonds is 8. The van der Waals surface area contributed by atoms with E-state index in [-0.39, 0.29) is 12.4 Å². The van der Waals surface area contributed by atoms with Crippen molar-refractivity contribution in [3.05, 3.63) is 84.4 Å². The van der Waals surface area contributed by atoms with E-state index in [0.717, 1.165) is 11.1 Å². The maximum atomic E-state index is 12.2. The van der Waals surface area contributed by atoms with Crippen LogP contribution in [0.5, 0.6) is 5.75 Å². The topological polar surface area (TPSA) is 81.7 Å². The van der Waals surface area contributed by atoms with Crippen molar-refractivity contribution in [3.8, 4) is 16.9 Å². The van der Waals surface area contributed by atoms with Gasteiger partial charge < -0.3 is 14.8 Å². The summed E-state index contributed by atoms with van der Waals surface area (Å²) in [7, 11) is 0. The van der Waals surface area contributed by atoms with Gasteiger partial charge in [-0.3, -0.25) is 9.59 Å². The van der Waals surface area contributed by atoms with Gasteiger partial charge in [0.05, 0.1) is 0 Å². The van der Waals surface area contributed by atoms with Crippen LogP contribution in [0.2, 0.25) is 0 Å². The molecule has 0 saturated carbocycles. The number of amides is 1. The molecular formula is C24H21NO5. The number of hydrogen-bond acceptors (Lipinski definition) is 5. The minimum atomic E-state index is -0.669. The predicted octanol–water partition coefficient (Wildman–Crippen LogP) is 4.12. The number of carbonyl (C=O) groups excluding carboxylic acids is 3. The Kier molecular flexibility index (Phi) is 6.95. The smallest absolute Gasteiger partial charge is 0.344 e. The first kappa shape index (κ1) is 20.8. The molecule has 30 heavy (non-hydrogen) atoms. The van der Waals surface area contributed by atoms with Crippen molar-refractivity contribution in [2.75, 3.05) is 18.5 Å². The summed E-state index contributed by atoms with van der Waals surface area (Å²) in [5, 5.41) is 2.77. The quantitative estimate of drug-likeness (QED) is 0.452. The SMILES string of the molecule is CC(=O)c1ccc(OCC(=O)OCC(=O)Nc2ccccc2-c2ccccc2)cc1. The van der Waals surface area contributed by atoms with Crippen LogP contribution in [0.4, 0.5) is 5.69 Å². The maximum Gasteiger partial charge on any atom is 0.344 e. The van der Waals surface area contributed by atoms with Crippen molar-refractivity contribution in [1.82, 2.24) is 0 Å². The van der Waals surface area contributed by atoms with Crippen LogP contribution < -0.4 is 10.1 Å². The van der Waals surface area contributed by atoms with Crippen molar-refractivity contribution < 1.29 is 23.9 Å². The van der Waals surface area contributed by atoms with Gasteiger partial charge in [0.2, 0.25) is 0 Å². The Bertz CT molecular complexity index is 1030. The Balaban J connectivity index is 1.49. The summed E-state index contributed by atoms with van der Waals surface area (Å²) < 4.78 is 10.3. The molecule has 1 N–H and O–H groups in total. The van der Waals surface area contributed by atoms with E-state index in [1.54, 1.807) is 30.3 Å². The van der Waals surface area contributed by atoms with Gasteiger partial charge in [-0.25, -0.2) is 4.79 Å². The van der Waals surface area contributed by atoms with E-state index < -0.39 is 18.5 Å². The lowest BCUT2D eigenvalue weighted by atomic mass is 10.0. The Morgan fingerprint density at radius 2 is 1.47 bits per heavy atom. The number of carbonyl (C=O) groups is 3. The molecule has 0 radical (unpaired) electrons. The van der Waals surface area contributed by atoms with Gasteiger partial charge >= 0.3 is 5.97 Å². The number of ether oxygens (including phenoxy) is 2. The van der Waals surface area contributed by atoms with Crippen LogP contribution in [0.15, 0.2) is 78.9 Å². The van der Waals surface area contributed by atoms with Crippen molar-refractivity contribution >= 4 is 23.3 Å². The average molecular weight is 403 g/mol. The normalized spacial score (nSPS) is 10.2. The molecule has 0 aromatic heterocycles. The van der Waals surface area contributed by atoms with Crippen molar-refractivity contribution in [2.24, 2.45) is 0 Å². The predicted molar refractivity (Wildman–Crippen MR) is 113 cm³/mol. The number of nitrogens with one attached hydrogen (secondary N) is 1. The number of hydrogen-bond donors (Lipinski definition) is 1. The fourth-order valence-electron chi connectivity index (χ4n) is 2.76. The fraction of sp³-hybridized carbons (Fsp3) is 0.125. The first-order valence-electron chi connectivity index (χ1n) is 9.36. The zero-order valence-corrected chi connectivity index (χ0v) is 16.5. The summed E-state index contributed by atoms with van der Waals surface area (Å²) in [6.07, 6.45) is 0. The van der Waals surface area contributed by atoms with E-state index >= 15 is 0 Å². The molecule has 1 amide bonds. The van der Waals surface area contributed by atoms with Crippen LogP contribution in [-0.4, -0.2) is 30.9 Å². The van der Waals surface area contributed by atoms with Crippen LogP contribution in [0.25, 0.3) is 11.1 Å². The van der Waals surface area contributed by atoms with E-state index in [0.29, 0.717) is 17.0 Å². The van der Waals surface area contributed by atoms with Crippen LogP contribution >= 0.6 is 0 Å². The van der Waals surface area contributed by atoms with E-state index in [1.807, 2.05) is 48.5 Å². The van der Waals surface area contributed by atoms with E-state index in [4.69, 9.17) is 9.47 Å². The zero-order chi connectivity index (χ0) is 21.3. The zero-order valence-electron chi connectivity index (χ0n) is 16.5. The van der Waals surface area contributed by atoms with Gasteiger partial charge in [-0.1, -0.05) is 48.5 Å². The minimum Gasteiger partial charge on any atom is -0.482 e. The van der Waals surface area contributed by atoms with Crippen LogP contribution in [-0.2, 0) is 14.3 Å². The average Bonchev–Trinajstić information content (AvgIpc) is 2.77. The third-order valence-electron chi connectivity index (χ3n) is 4.27. The first-order chi connectivity index (χ1) is 14.5. The summed E-state index contributed by atoms with van der Waals surface area (Å²) in [6.45, 7) is 0.707. The summed E-state index contributed by atoms with van der Waals surface area (Å²) in [5.41, 5.74) is 3.02. The van der Waals surface area contributed by atoms with Crippen LogP contribution in [0.1, 0.15) is 17.3 Å². The van der Waals surface area contributed by atoms with Crippen LogP contribution in [0.3, 0.4) is 0 Å². The molecule has 6 heteroatoms. The Labute approximate surface area is 174 Å². The van der Waals surface area contributed by atoms with Crippen molar-refractivity contribution in [3.63, 3.8) is 0 Å². The number of Topliss-reactive ketones (excluding diaryl/α,β-unsaturated/α-hetero) is 1. The van der Waals surface area contributed by atoms with Gasteiger partial charge in [-0.05, 0) is 42.8 Å². The lowest BCUT2D eigenvalue weighted by Gasteiger charge is -2.12. The highest BCUT2D eigenvalue weighted by atomic mass is 16.6. The second-order valence-electron chi connectivity index (χ2n) is 6.49. The summed E-state index contributed by atoms with van der Waals surface area (Å²) in [5.74, 6) is -0.742. The first-order valence-corrected chi connectivity index (χ1v) is 9.36. The third kappa shape index (κ3) is 5.78. The third-order valence-corrected chi connectivity index (χ3v) is 4.27. The number of anilines is 1. The standard InChI is InChI=1S/C24H21NO5/c1-17(26)18-11-13-20(14-12-18)29-16-24(28)30-15-23(27)25-22-10-6-5-9-21(22)19-7-3-2-4-8-19/h2-14H,15-16H2,1H3,(H,25,27). The highest BCUT2D eigenvalue weighted by Crippen LogP contribution is 2.27. The molecule has 0 saturated heterocycles. The molecule has 3 aromatic carbocycles. The van der Waals surface area contributed by atoms with Gasteiger partial charge in [0.25, 0.3) is 5.91 Å². The molecular weight excluding hydrogens is 382 g/mol. The Morgan fingerprint density at radius 3 is 2.17 bits per heavy atom. The summed E-state index contributed by atoms with van der Waals surface area (Å²) in [6, 6.07) is 23.5. The highest BCUT2D eigenvalue weighted by molar-refractivity contribution is 5.97. The lowest BCUT2D eigenvalue weighted by molar-refractivity contribution is -0.149. The van der Waals surface area contributed by atoms with E-state index in [1.165, 1.54) is 6.92 Å². The van der Waals surface area contributed by atoms with Gasteiger partial charge in [0.1, 0.15) is 5.75 Å².